The Morgan fingerprint density at radius 2 is 2.25 bits per heavy atom. The predicted molar refractivity (Wildman–Crippen MR) is 63.9 cm³/mol. The number of ether oxygens (including phenoxy) is 1. The maximum Gasteiger partial charge on any atom is 0.156 e. The van der Waals surface area contributed by atoms with Crippen molar-refractivity contribution >= 4 is 21.6 Å². The van der Waals surface area contributed by atoms with E-state index in [2.05, 4.69) is 4.98 Å². The molecule has 3 nitrogen and oxygen atoms in total. The van der Waals surface area contributed by atoms with Crippen LogP contribution in [0.15, 0.2) is 40.5 Å². The summed E-state index contributed by atoms with van der Waals surface area (Å²) in [4.78, 5) is 4.31. The number of fused-ring (bicyclic) bond motifs is 1. The molecule has 0 aliphatic rings. The van der Waals surface area contributed by atoms with Gasteiger partial charge in [0.25, 0.3) is 0 Å². The van der Waals surface area contributed by atoms with E-state index in [9.17, 15) is 0 Å². The van der Waals surface area contributed by atoms with Crippen molar-refractivity contribution in [2.75, 3.05) is 7.11 Å². The largest absolute Gasteiger partial charge is 0.494 e. The van der Waals surface area contributed by atoms with Crippen LogP contribution in [-0.4, -0.2) is 12.1 Å². The lowest BCUT2D eigenvalue weighted by Gasteiger charge is -2.06. The van der Waals surface area contributed by atoms with E-state index in [0.29, 0.717) is 0 Å². The molecule has 0 amide bonds. The maximum absolute atomic E-state index is 5.42. The molecule has 0 fully saturated rings. The third-order valence-corrected chi connectivity index (χ3v) is 3.24. The first kappa shape index (κ1) is 9.42. The monoisotopic (exact) mass is 231 g/mol. The van der Waals surface area contributed by atoms with Gasteiger partial charge < -0.3 is 9.15 Å². The topological polar surface area (TPSA) is 35.3 Å². The molecule has 3 rings (SSSR count). The number of hydrogen-bond acceptors (Lipinski definition) is 4. The summed E-state index contributed by atoms with van der Waals surface area (Å²) in [7, 11) is 1.65. The number of rotatable bonds is 2. The Morgan fingerprint density at radius 3 is 3.00 bits per heavy atom. The smallest absolute Gasteiger partial charge is 0.156 e. The van der Waals surface area contributed by atoms with E-state index < -0.39 is 0 Å². The molecular weight excluding hydrogens is 222 g/mol. The molecule has 0 saturated carbocycles. The van der Waals surface area contributed by atoms with Crippen LogP contribution in [0.1, 0.15) is 0 Å². The lowest BCUT2D eigenvalue weighted by Crippen LogP contribution is -1.88. The normalized spacial score (nSPS) is 10.8. The summed E-state index contributed by atoms with van der Waals surface area (Å²) < 4.78 is 11.9. The number of thiazole rings is 1. The second-order valence-corrected chi connectivity index (χ2v) is 4.21. The van der Waals surface area contributed by atoms with E-state index in [0.717, 1.165) is 27.3 Å². The highest BCUT2D eigenvalue weighted by atomic mass is 32.1. The van der Waals surface area contributed by atoms with Gasteiger partial charge in [0.2, 0.25) is 0 Å². The number of methoxy groups -OCH3 is 1. The first-order chi connectivity index (χ1) is 7.90. The summed E-state index contributed by atoms with van der Waals surface area (Å²) in [5, 5.41) is 0. The van der Waals surface area contributed by atoms with Crippen molar-refractivity contribution in [2.24, 2.45) is 0 Å². The third-order valence-electron chi connectivity index (χ3n) is 2.45. The number of hydrogen-bond donors (Lipinski definition) is 0. The molecule has 2 aromatic heterocycles. The SMILES string of the molecule is COc1c(-c2ccco2)ccc2scnc12. The highest BCUT2D eigenvalue weighted by Gasteiger charge is 2.13. The fourth-order valence-corrected chi connectivity index (χ4v) is 2.41. The van der Waals surface area contributed by atoms with Crippen molar-refractivity contribution in [1.82, 2.24) is 4.98 Å². The standard InChI is InChI=1S/C12H9NO2S/c1-14-12-8(9-3-2-6-15-9)4-5-10-11(12)13-7-16-10/h2-7H,1H3. The van der Waals surface area contributed by atoms with Crippen LogP contribution in [0.25, 0.3) is 21.5 Å². The second-order valence-electron chi connectivity index (χ2n) is 3.32. The highest BCUT2D eigenvalue weighted by molar-refractivity contribution is 7.16. The highest BCUT2D eigenvalue weighted by Crippen LogP contribution is 2.37. The van der Waals surface area contributed by atoms with Crippen molar-refractivity contribution in [3.05, 3.63) is 36.0 Å². The zero-order chi connectivity index (χ0) is 11.0. The van der Waals surface area contributed by atoms with Gasteiger partial charge in [-0.3, -0.25) is 0 Å². The summed E-state index contributed by atoms with van der Waals surface area (Å²) in [5.74, 6) is 1.57. The van der Waals surface area contributed by atoms with E-state index in [1.54, 1.807) is 24.7 Å². The molecule has 2 heterocycles. The summed E-state index contributed by atoms with van der Waals surface area (Å²) >= 11 is 1.60. The van der Waals surface area contributed by atoms with E-state index in [-0.39, 0.29) is 0 Å². The van der Waals surface area contributed by atoms with Gasteiger partial charge in [-0.15, -0.1) is 11.3 Å². The zero-order valence-corrected chi connectivity index (χ0v) is 9.45. The summed E-state index contributed by atoms with van der Waals surface area (Å²) in [6.07, 6.45) is 1.65. The van der Waals surface area contributed by atoms with Gasteiger partial charge in [-0.2, -0.15) is 0 Å². The molecule has 0 spiro atoms. The van der Waals surface area contributed by atoms with Crippen molar-refractivity contribution < 1.29 is 9.15 Å². The Bertz CT molecular complexity index is 613. The van der Waals surface area contributed by atoms with E-state index >= 15 is 0 Å². The van der Waals surface area contributed by atoms with Crippen molar-refractivity contribution in [1.29, 1.82) is 0 Å². The minimum Gasteiger partial charge on any atom is -0.494 e. The van der Waals surface area contributed by atoms with Gasteiger partial charge in [0.05, 0.1) is 29.1 Å². The maximum atomic E-state index is 5.42. The van der Waals surface area contributed by atoms with Gasteiger partial charge in [-0.25, -0.2) is 4.98 Å². The van der Waals surface area contributed by atoms with E-state index in [4.69, 9.17) is 9.15 Å². The Kier molecular flexibility index (Phi) is 2.15. The molecule has 0 bridgehead atoms. The zero-order valence-electron chi connectivity index (χ0n) is 8.64. The molecule has 1 aromatic carbocycles. The van der Waals surface area contributed by atoms with Gasteiger partial charge in [0.15, 0.2) is 5.75 Å². The number of nitrogens with zero attached hydrogens (tertiary/aromatic N) is 1. The number of benzene rings is 1. The molecule has 80 valence electrons. The molecule has 0 unspecified atom stereocenters. The lowest BCUT2D eigenvalue weighted by atomic mass is 10.1. The van der Waals surface area contributed by atoms with Crippen LogP contribution in [0.3, 0.4) is 0 Å². The molecule has 0 aliphatic carbocycles. The molecule has 0 N–H and O–H groups in total. The van der Waals surface area contributed by atoms with Crippen molar-refractivity contribution in [3.8, 4) is 17.1 Å². The third kappa shape index (κ3) is 1.31. The van der Waals surface area contributed by atoms with Gasteiger partial charge in [0, 0.05) is 0 Å². The van der Waals surface area contributed by atoms with E-state index in [1.165, 1.54) is 0 Å². The van der Waals surface area contributed by atoms with Crippen LogP contribution in [0.5, 0.6) is 5.75 Å². The second kappa shape index (κ2) is 3.64. The molecular formula is C12H9NO2S. The summed E-state index contributed by atoms with van der Waals surface area (Å²) in [6, 6.07) is 7.81. The number of aromatic nitrogens is 1. The predicted octanol–water partition coefficient (Wildman–Crippen LogP) is 3.56. The Morgan fingerprint density at radius 1 is 1.31 bits per heavy atom. The average molecular weight is 231 g/mol. The fraction of sp³-hybridized carbons (Fsp3) is 0.0833. The van der Waals surface area contributed by atoms with Crippen molar-refractivity contribution in [3.63, 3.8) is 0 Å². The van der Waals surface area contributed by atoms with Crippen LogP contribution in [-0.2, 0) is 0 Å². The molecule has 3 aromatic rings. The first-order valence-corrected chi connectivity index (χ1v) is 5.72. The first-order valence-electron chi connectivity index (χ1n) is 4.84. The quantitative estimate of drug-likeness (QED) is 0.676. The Balaban J connectivity index is 2.32. The van der Waals surface area contributed by atoms with Crippen LogP contribution in [0.4, 0.5) is 0 Å². The lowest BCUT2D eigenvalue weighted by molar-refractivity contribution is 0.419. The van der Waals surface area contributed by atoms with Crippen LogP contribution < -0.4 is 4.74 Å². The molecule has 4 heteroatoms. The van der Waals surface area contributed by atoms with Gasteiger partial charge in [0.1, 0.15) is 11.3 Å². The van der Waals surface area contributed by atoms with Crippen LogP contribution in [0, 0.1) is 0 Å². The molecule has 0 aliphatic heterocycles. The van der Waals surface area contributed by atoms with Gasteiger partial charge in [-0.1, -0.05) is 0 Å². The fourth-order valence-electron chi connectivity index (χ4n) is 1.74. The number of furan rings is 1. The van der Waals surface area contributed by atoms with Gasteiger partial charge in [-0.05, 0) is 24.3 Å². The molecule has 0 atom stereocenters. The van der Waals surface area contributed by atoms with E-state index in [1.807, 2.05) is 29.8 Å². The summed E-state index contributed by atoms with van der Waals surface area (Å²) in [5.41, 5.74) is 3.64. The minimum absolute atomic E-state index is 0.772. The molecule has 0 saturated heterocycles. The average Bonchev–Trinajstić information content (AvgIpc) is 2.97. The minimum atomic E-state index is 0.772. The Hall–Kier alpha value is -1.81. The van der Waals surface area contributed by atoms with Crippen LogP contribution >= 0.6 is 11.3 Å². The molecule has 16 heavy (non-hydrogen) atoms. The summed E-state index contributed by atoms with van der Waals surface area (Å²) in [6.45, 7) is 0. The van der Waals surface area contributed by atoms with Gasteiger partial charge >= 0.3 is 0 Å². The van der Waals surface area contributed by atoms with Crippen LogP contribution in [0.2, 0.25) is 0 Å². The Labute approximate surface area is 96.3 Å². The van der Waals surface area contributed by atoms with Crippen molar-refractivity contribution in [2.45, 2.75) is 0 Å². The molecule has 0 radical (unpaired) electrons.